The largest absolute Gasteiger partial charge is 0.506 e. The Hall–Kier alpha value is -16.3. The van der Waals surface area contributed by atoms with Crippen molar-refractivity contribution in [2.45, 2.75) is 110 Å². The number of rotatable bonds is 14. The molecular weight excluding hydrogens is 1740 g/mol. The lowest BCUT2D eigenvalue weighted by molar-refractivity contribution is 0.173. The zero-order chi connectivity index (χ0) is 102. The van der Waals surface area contributed by atoms with Gasteiger partial charge in [-0.05, 0) is 253 Å². The molecule has 16 rings (SSSR count). The molecule has 1 aliphatic rings. The topological polar surface area (TPSA) is 367 Å². The van der Waals surface area contributed by atoms with Crippen molar-refractivity contribution in [3.8, 4) is 81.1 Å². The van der Waals surface area contributed by atoms with Gasteiger partial charge in [-0.15, -0.1) is 0 Å². The minimum absolute atomic E-state index is 0.00694. The molecule has 4 aromatic carbocycles. The van der Waals surface area contributed by atoms with Crippen molar-refractivity contribution < 1.29 is 76.1 Å². The number of aromatic nitrogens is 12. The highest BCUT2D eigenvalue weighted by Gasteiger charge is 2.06. The molecule has 0 spiro atoms. The van der Waals surface area contributed by atoms with Crippen LogP contribution in [-0.4, -0.2) is 159 Å². The van der Waals surface area contributed by atoms with E-state index >= 15 is 0 Å². The lowest BCUT2D eigenvalue weighted by Gasteiger charge is -2.08. The SMILES string of the molecule is CC1=NOCC1.CCOc1ccc(C#N)cc1OC.CCOc1ccccc1OC.CCOc1ccnn1C.COc1cc(F)ccc1C.COc1ccccc1OC.COc1cccnc1C.COc1cnccc1C.COc1ncccc1C.Cc1ccc[nH]c1=O.Cc1ccccn1.Cc1cccnc1.Cc1ccncc1.Cc1ccncc1O.Cc1ccon1.Cc1ncccc1O. The minimum atomic E-state index is -0.262. The Balaban J connectivity index is 0.000000733. The number of ether oxygens (including phenoxy) is 11. The summed E-state index contributed by atoms with van der Waals surface area (Å²) in [5.41, 5.74) is 12.5. The van der Waals surface area contributed by atoms with Crippen molar-refractivity contribution in [1.29, 1.82) is 5.26 Å². The summed E-state index contributed by atoms with van der Waals surface area (Å²) < 4.78 is 74.3. The third-order valence-electron chi connectivity index (χ3n) is 17.0. The average Bonchev–Trinajstić information content (AvgIpc) is 0.979. The highest BCUT2D eigenvalue weighted by atomic mass is 19.1. The number of aromatic amines is 1. The van der Waals surface area contributed by atoms with Crippen molar-refractivity contribution in [3.63, 3.8) is 0 Å². The third kappa shape index (κ3) is 55.6. The monoisotopic (exact) mass is 1880 g/mol. The number of aryl methyl sites for hydroxylation is 12. The number of nitriles is 1. The molecule has 0 bridgehead atoms. The fourth-order valence-corrected chi connectivity index (χ4v) is 9.60. The summed E-state index contributed by atoms with van der Waals surface area (Å²) in [6.07, 6.45) is 26.5. The van der Waals surface area contributed by atoms with Gasteiger partial charge in [0.05, 0.1) is 130 Å². The van der Waals surface area contributed by atoms with Gasteiger partial charge in [0.15, 0.2) is 34.5 Å². The molecule has 30 nitrogen and oxygen atoms in total. The van der Waals surface area contributed by atoms with Gasteiger partial charge < -0.3 is 76.7 Å². The summed E-state index contributed by atoms with van der Waals surface area (Å²) in [7, 11) is 14.7. The molecule has 11 aromatic heterocycles. The van der Waals surface area contributed by atoms with Crippen LogP contribution in [-0.2, 0) is 11.9 Å². The predicted molar refractivity (Wildman–Crippen MR) is 536 cm³/mol. The quantitative estimate of drug-likeness (QED) is 0.0910. The molecule has 0 radical (unpaired) electrons. The first kappa shape index (κ1) is 119. The number of methoxy groups -OCH3 is 8. The predicted octanol–water partition coefficient (Wildman–Crippen LogP) is 21.7. The summed E-state index contributed by atoms with van der Waals surface area (Å²) in [5, 5.41) is 37.5. The summed E-state index contributed by atoms with van der Waals surface area (Å²) in [5.74, 6) is 8.46. The molecule has 0 amide bonds. The Morgan fingerprint density at radius 1 is 0.416 bits per heavy atom. The number of benzene rings is 4. The lowest BCUT2D eigenvalue weighted by Crippen LogP contribution is -2.06. The average molecular weight is 1880 g/mol. The van der Waals surface area contributed by atoms with Gasteiger partial charge in [-0.25, -0.2) is 14.1 Å². The van der Waals surface area contributed by atoms with E-state index in [-0.39, 0.29) is 22.9 Å². The van der Waals surface area contributed by atoms with E-state index in [9.17, 15) is 9.18 Å². The van der Waals surface area contributed by atoms with Crippen LogP contribution in [0.25, 0.3) is 0 Å². The second kappa shape index (κ2) is 75.3. The van der Waals surface area contributed by atoms with Crippen LogP contribution in [0.15, 0.2) is 308 Å². The van der Waals surface area contributed by atoms with E-state index in [0.29, 0.717) is 54.2 Å². The summed E-state index contributed by atoms with van der Waals surface area (Å²) >= 11 is 0. The number of oxime groups is 1. The Bertz CT molecular complexity index is 5440. The van der Waals surface area contributed by atoms with E-state index in [0.717, 1.165) is 104 Å². The van der Waals surface area contributed by atoms with Gasteiger partial charge >= 0.3 is 0 Å². The van der Waals surface area contributed by atoms with E-state index in [2.05, 4.69) is 69.6 Å². The minimum Gasteiger partial charge on any atom is -0.506 e. The van der Waals surface area contributed by atoms with Gasteiger partial charge in [0.2, 0.25) is 11.8 Å². The standard InChI is InChI=1S/C10H11NO2.C9H12O2.C8H9FO.C8H10O2.3C7H9NO.C6H10N2O.3C6H7NO.3C6H7N.C4H7NO.C4H5NO/c1-3-13-9-5-4-8(7-11)6-10(9)12-2;1-3-11-9-7-5-4-6-8(9)10-2;1-6-3-4-7(9)5-8(6)10-2;1-9-7-5-3-4-6-8(7)10-2;1-6-3-4-8-5-7(6)9-2;1-6-7(9-2)4-3-5-8-6;1-6-4-3-5-8-7(6)9-2;1-3-9-6-4-5-7-8(6)2;1-5-2-3-7-4-6(5)8;1-5-6(8)3-2-4-7-5;1-5-3-2-4-7-6(5)8;1-6-2-4-7-5-3-6;1-6-3-2-4-7-5-6;1-6-4-2-3-5-7-6;2*1-4-2-3-6-5-4/h4-6H,3H2,1-2H3;4-7H,3H2,1-2H3;3-5H,1-2H3;3-6H,1-2H3;3*3-5H,1-2H3;4-5H,3H2,1-2H3;2*2-4,8H,1H3;2-4H,1H3,(H,7,8);3*2-5H,1H3;2-3H2,1H3;2-3H,1H3. The number of nitrogens with one attached hydrogen (secondary N) is 1. The zero-order valence-corrected chi connectivity index (χ0v) is 83.0. The first-order valence-corrected chi connectivity index (χ1v) is 43.0. The van der Waals surface area contributed by atoms with Gasteiger partial charge in [0, 0.05) is 123 Å². The molecule has 3 N–H and O–H groups in total. The van der Waals surface area contributed by atoms with E-state index in [1.165, 1.54) is 36.6 Å². The number of H-pyrrole nitrogens is 1. The Kier molecular flexibility index (Phi) is 65.3. The van der Waals surface area contributed by atoms with E-state index in [1.54, 1.807) is 210 Å². The number of nitrogens with zero attached hydrogens (tertiary/aromatic N) is 13. The maximum absolute atomic E-state index is 12.5. The van der Waals surface area contributed by atoms with Crippen molar-refractivity contribution >= 4 is 5.71 Å². The normalized spacial score (nSPS) is 9.56. The van der Waals surface area contributed by atoms with E-state index < -0.39 is 0 Å². The van der Waals surface area contributed by atoms with Crippen LogP contribution in [0, 0.1) is 93.3 Å². The van der Waals surface area contributed by atoms with Gasteiger partial charge in [0.25, 0.3) is 5.56 Å². The molecule has 0 fully saturated rings. The Morgan fingerprint density at radius 2 is 0.942 bits per heavy atom. The van der Waals surface area contributed by atoms with Gasteiger partial charge in [-0.1, -0.05) is 64.9 Å². The number of halogens is 1. The highest BCUT2D eigenvalue weighted by Crippen LogP contribution is 2.29. The number of para-hydroxylation sites is 4. The Morgan fingerprint density at radius 3 is 1.30 bits per heavy atom. The number of hydrogen-bond acceptors (Lipinski definition) is 28. The van der Waals surface area contributed by atoms with E-state index in [4.69, 9.17) is 67.6 Å². The molecule has 730 valence electrons. The zero-order valence-electron chi connectivity index (χ0n) is 83.0. The number of aromatic hydroxyl groups is 2. The molecule has 0 unspecified atom stereocenters. The second-order valence-electron chi connectivity index (χ2n) is 27.7. The van der Waals surface area contributed by atoms with Crippen molar-refractivity contribution in [2.24, 2.45) is 12.2 Å². The fraction of sp³-hybridized carbons (Fsp3) is 0.274. The van der Waals surface area contributed by atoms with Crippen molar-refractivity contribution in [1.82, 2.24) is 59.8 Å². The highest BCUT2D eigenvalue weighted by molar-refractivity contribution is 5.82. The molecule has 12 heterocycles. The molecule has 0 atom stereocenters. The second-order valence-corrected chi connectivity index (χ2v) is 27.7. The van der Waals surface area contributed by atoms with Crippen molar-refractivity contribution in [3.05, 3.63) is 377 Å². The first-order chi connectivity index (χ1) is 66.1. The van der Waals surface area contributed by atoms with Crippen LogP contribution in [0.2, 0.25) is 0 Å². The summed E-state index contributed by atoms with van der Waals surface area (Å²) in [6, 6.07) is 62.3. The smallest absolute Gasteiger partial charge is 0.250 e. The van der Waals surface area contributed by atoms with Gasteiger partial charge in [-0.2, -0.15) is 10.4 Å². The fourth-order valence-electron chi connectivity index (χ4n) is 9.60. The molecule has 0 aliphatic carbocycles. The summed E-state index contributed by atoms with van der Waals surface area (Å²) in [6.45, 7) is 31.5. The molecule has 1 aliphatic heterocycles. The lowest BCUT2D eigenvalue weighted by atomic mass is 10.2. The molecular formula is C106H133FN14O16. The Labute approximate surface area is 806 Å². The first-order valence-electron chi connectivity index (χ1n) is 43.0. The van der Waals surface area contributed by atoms with Gasteiger partial charge in [-0.3, -0.25) is 39.7 Å². The molecule has 137 heavy (non-hydrogen) atoms. The maximum Gasteiger partial charge on any atom is 0.250 e. The molecule has 0 saturated carbocycles. The number of hydrogen-bond donors (Lipinski definition) is 3. The van der Waals surface area contributed by atoms with Crippen molar-refractivity contribution in [2.75, 3.05) is 83.3 Å². The molecule has 31 heteroatoms. The van der Waals surface area contributed by atoms with E-state index in [1.807, 2.05) is 237 Å². The van der Waals surface area contributed by atoms with Gasteiger partial charge in [0.1, 0.15) is 47.4 Å². The summed E-state index contributed by atoms with van der Waals surface area (Å²) in [4.78, 5) is 48.9. The van der Waals surface area contributed by atoms with Crippen LogP contribution in [0.5, 0.6) is 75.0 Å². The number of pyridine rings is 9. The van der Waals surface area contributed by atoms with Crippen LogP contribution < -0.4 is 57.7 Å². The van der Waals surface area contributed by atoms with Crippen LogP contribution in [0.4, 0.5) is 4.39 Å². The van der Waals surface area contributed by atoms with Crippen LogP contribution >= 0.6 is 0 Å². The molecule has 15 aromatic rings. The maximum atomic E-state index is 12.5. The van der Waals surface area contributed by atoms with Crippen LogP contribution in [0.1, 0.15) is 101 Å². The van der Waals surface area contributed by atoms with Crippen LogP contribution in [0.3, 0.4) is 0 Å². The third-order valence-corrected chi connectivity index (χ3v) is 17.0. The molecule has 0 saturated heterocycles.